The predicted molar refractivity (Wildman–Crippen MR) is 72.0 cm³/mol. The van der Waals surface area contributed by atoms with E-state index in [1.807, 2.05) is 26.0 Å². The molecule has 1 aromatic carbocycles. The number of halogens is 3. The summed E-state index contributed by atoms with van der Waals surface area (Å²) in [6, 6.07) is 3.96. The lowest BCUT2D eigenvalue weighted by atomic mass is 9.88. The van der Waals surface area contributed by atoms with Crippen molar-refractivity contribution in [3.63, 3.8) is 0 Å². The number of rotatable bonds is 2. The molecule has 2 unspecified atom stereocenters. The fourth-order valence-electron chi connectivity index (χ4n) is 2.81. The van der Waals surface area contributed by atoms with Gasteiger partial charge >= 0.3 is 6.18 Å². The molecule has 1 fully saturated rings. The SMILES string of the molecule is COc1cc(C)c(C2CCC(C(F)(F)F)CN2)cc1C. The molecule has 5 heteroatoms. The van der Waals surface area contributed by atoms with Gasteiger partial charge in [0.1, 0.15) is 5.75 Å². The first-order valence-electron chi connectivity index (χ1n) is 6.78. The summed E-state index contributed by atoms with van der Waals surface area (Å²) in [5.74, 6) is -0.409. The molecule has 1 heterocycles. The van der Waals surface area contributed by atoms with Crippen LogP contribution in [0.25, 0.3) is 0 Å². The van der Waals surface area contributed by atoms with Crippen LogP contribution in [0.5, 0.6) is 5.75 Å². The molecule has 0 aliphatic carbocycles. The molecule has 2 nitrogen and oxygen atoms in total. The molecule has 0 spiro atoms. The standard InChI is InChI=1S/C15H20F3NO/c1-9-7-14(20-3)10(2)6-12(9)13-5-4-11(8-19-13)15(16,17)18/h6-7,11,13,19H,4-5,8H2,1-3H3. The van der Waals surface area contributed by atoms with Crippen LogP contribution in [-0.2, 0) is 0 Å². The minimum absolute atomic E-state index is 0.00131. The third-order valence-corrected chi connectivity index (χ3v) is 4.04. The Bertz CT molecular complexity index is 477. The van der Waals surface area contributed by atoms with Gasteiger partial charge in [-0.15, -0.1) is 0 Å². The maximum atomic E-state index is 12.7. The van der Waals surface area contributed by atoms with E-state index in [1.165, 1.54) is 0 Å². The topological polar surface area (TPSA) is 21.3 Å². The van der Waals surface area contributed by atoms with Crippen LogP contribution in [0.2, 0.25) is 0 Å². The van der Waals surface area contributed by atoms with E-state index in [2.05, 4.69) is 5.32 Å². The molecule has 20 heavy (non-hydrogen) atoms. The quantitative estimate of drug-likeness (QED) is 0.890. The van der Waals surface area contributed by atoms with Crippen molar-refractivity contribution in [1.82, 2.24) is 5.32 Å². The van der Waals surface area contributed by atoms with E-state index in [9.17, 15) is 13.2 Å². The largest absolute Gasteiger partial charge is 0.496 e. The van der Waals surface area contributed by atoms with Gasteiger partial charge in [0, 0.05) is 12.6 Å². The minimum atomic E-state index is -4.09. The third kappa shape index (κ3) is 3.08. The molecule has 0 amide bonds. The molecule has 0 radical (unpaired) electrons. The third-order valence-electron chi connectivity index (χ3n) is 4.04. The Balaban J connectivity index is 2.13. The van der Waals surface area contributed by atoms with Crippen molar-refractivity contribution in [2.45, 2.75) is 38.9 Å². The van der Waals surface area contributed by atoms with Crippen LogP contribution in [-0.4, -0.2) is 19.8 Å². The van der Waals surface area contributed by atoms with Crippen LogP contribution in [0.4, 0.5) is 13.2 Å². The van der Waals surface area contributed by atoms with Crippen LogP contribution in [0, 0.1) is 19.8 Å². The maximum Gasteiger partial charge on any atom is 0.393 e. The number of piperidine rings is 1. The molecule has 2 rings (SSSR count). The Hall–Kier alpha value is -1.23. The van der Waals surface area contributed by atoms with Gasteiger partial charge in [0.25, 0.3) is 0 Å². The molecule has 2 atom stereocenters. The van der Waals surface area contributed by atoms with Gasteiger partial charge in [-0.1, -0.05) is 6.07 Å². The van der Waals surface area contributed by atoms with Crippen molar-refractivity contribution in [1.29, 1.82) is 0 Å². The highest BCUT2D eigenvalue weighted by Crippen LogP contribution is 2.37. The normalized spacial score (nSPS) is 23.7. The minimum Gasteiger partial charge on any atom is -0.496 e. The Morgan fingerprint density at radius 3 is 2.35 bits per heavy atom. The van der Waals surface area contributed by atoms with Crippen LogP contribution in [0.3, 0.4) is 0 Å². The Kier molecular flexibility index (Phi) is 4.28. The molecule has 1 saturated heterocycles. The van der Waals surface area contributed by atoms with E-state index in [0.717, 1.165) is 22.4 Å². The van der Waals surface area contributed by atoms with Crippen molar-refractivity contribution >= 4 is 0 Å². The summed E-state index contributed by atoms with van der Waals surface area (Å²) < 4.78 is 43.2. The smallest absolute Gasteiger partial charge is 0.393 e. The lowest BCUT2D eigenvalue weighted by Crippen LogP contribution is -2.40. The van der Waals surface area contributed by atoms with Gasteiger partial charge in [-0.2, -0.15) is 13.2 Å². The Morgan fingerprint density at radius 1 is 1.15 bits per heavy atom. The van der Waals surface area contributed by atoms with Gasteiger partial charge in [-0.25, -0.2) is 0 Å². The van der Waals surface area contributed by atoms with Gasteiger partial charge in [0.05, 0.1) is 13.0 Å². The molecule has 1 N–H and O–H groups in total. The zero-order valence-electron chi connectivity index (χ0n) is 12.0. The highest BCUT2D eigenvalue weighted by atomic mass is 19.4. The first kappa shape index (κ1) is 15.2. The number of hydrogen-bond acceptors (Lipinski definition) is 2. The maximum absolute atomic E-state index is 12.7. The Labute approximate surface area is 117 Å². The van der Waals surface area contributed by atoms with Crippen LogP contribution in [0.1, 0.15) is 35.6 Å². The number of alkyl halides is 3. The van der Waals surface area contributed by atoms with Gasteiger partial charge in [-0.3, -0.25) is 0 Å². The molecule has 1 aromatic rings. The zero-order chi connectivity index (χ0) is 14.9. The molecule has 1 aliphatic heterocycles. The summed E-state index contributed by atoms with van der Waals surface area (Å²) in [7, 11) is 1.62. The zero-order valence-corrected chi connectivity index (χ0v) is 12.0. The molecular weight excluding hydrogens is 267 g/mol. The van der Waals surface area contributed by atoms with Crippen LogP contribution < -0.4 is 10.1 Å². The summed E-state index contributed by atoms with van der Waals surface area (Å²) in [4.78, 5) is 0. The second-order valence-electron chi connectivity index (χ2n) is 5.46. The lowest BCUT2D eigenvalue weighted by Gasteiger charge is -2.32. The first-order valence-corrected chi connectivity index (χ1v) is 6.78. The molecule has 0 aromatic heterocycles. The summed E-state index contributed by atoms with van der Waals surface area (Å²) in [5, 5.41) is 3.04. The molecule has 1 aliphatic rings. The van der Waals surface area contributed by atoms with Gasteiger partial charge in [0.15, 0.2) is 0 Å². The number of aryl methyl sites for hydroxylation is 2. The van der Waals surface area contributed by atoms with Crippen molar-refractivity contribution in [3.05, 3.63) is 28.8 Å². The first-order chi connectivity index (χ1) is 9.32. The van der Waals surface area contributed by atoms with E-state index in [-0.39, 0.29) is 19.0 Å². The highest BCUT2D eigenvalue weighted by Gasteiger charge is 2.41. The second-order valence-corrected chi connectivity index (χ2v) is 5.46. The van der Waals surface area contributed by atoms with Gasteiger partial charge in [-0.05, 0) is 49.4 Å². The fraction of sp³-hybridized carbons (Fsp3) is 0.600. The van der Waals surface area contributed by atoms with E-state index < -0.39 is 12.1 Å². The second kappa shape index (κ2) is 5.64. The molecule has 0 saturated carbocycles. The van der Waals surface area contributed by atoms with Crippen molar-refractivity contribution in [2.75, 3.05) is 13.7 Å². The van der Waals surface area contributed by atoms with E-state index in [1.54, 1.807) is 7.11 Å². The monoisotopic (exact) mass is 287 g/mol. The van der Waals surface area contributed by atoms with E-state index >= 15 is 0 Å². The van der Waals surface area contributed by atoms with Gasteiger partial charge in [0.2, 0.25) is 0 Å². The lowest BCUT2D eigenvalue weighted by molar-refractivity contribution is -0.179. The van der Waals surface area contributed by atoms with Gasteiger partial charge < -0.3 is 10.1 Å². The Morgan fingerprint density at radius 2 is 1.85 bits per heavy atom. The average Bonchev–Trinajstić information content (AvgIpc) is 2.40. The molecule has 112 valence electrons. The van der Waals surface area contributed by atoms with Crippen LogP contribution in [0.15, 0.2) is 12.1 Å². The number of hydrogen-bond donors (Lipinski definition) is 1. The number of benzene rings is 1. The van der Waals surface area contributed by atoms with E-state index in [0.29, 0.717) is 6.42 Å². The highest BCUT2D eigenvalue weighted by molar-refractivity contribution is 5.43. The summed E-state index contributed by atoms with van der Waals surface area (Å²) in [6.45, 7) is 3.91. The van der Waals surface area contributed by atoms with Crippen molar-refractivity contribution in [2.24, 2.45) is 5.92 Å². The molecule has 0 bridgehead atoms. The average molecular weight is 287 g/mol. The van der Waals surface area contributed by atoms with Crippen molar-refractivity contribution in [3.8, 4) is 5.75 Å². The summed E-state index contributed by atoms with van der Waals surface area (Å²) in [6.07, 6.45) is -3.40. The fourth-order valence-corrected chi connectivity index (χ4v) is 2.81. The van der Waals surface area contributed by atoms with E-state index in [4.69, 9.17) is 4.74 Å². The predicted octanol–water partition coefficient (Wildman–Crippen LogP) is 3.92. The number of methoxy groups -OCH3 is 1. The number of ether oxygens (including phenoxy) is 1. The van der Waals surface area contributed by atoms with Crippen molar-refractivity contribution < 1.29 is 17.9 Å². The summed E-state index contributed by atoms with van der Waals surface area (Å²) in [5.41, 5.74) is 3.13. The van der Waals surface area contributed by atoms with Crippen LogP contribution >= 0.6 is 0 Å². The number of nitrogens with one attached hydrogen (secondary N) is 1. The summed E-state index contributed by atoms with van der Waals surface area (Å²) >= 11 is 0. The molecular formula is C15H20F3NO.